The van der Waals surface area contributed by atoms with Gasteiger partial charge in [0.1, 0.15) is 18.2 Å². The van der Waals surface area contributed by atoms with Gasteiger partial charge in [0.2, 0.25) is 10.0 Å². The van der Waals surface area contributed by atoms with E-state index in [1.807, 2.05) is 0 Å². The van der Waals surface area contributed by atoms with Gasteiger partial charge in [0.25, 0.3) is 5.91 Å². The number of nitrogens with one attached hydrogen (secondary N) is 1. The fourth-order valence-corrected chi connectivity index (χ4v) is 2.81. The lowest BCUT2D eigenvalue weighted by Crippen LogP contribution is -2.39. The Bertz CT molecular complexity index is 901. The summed E-state index contributed by atoms with van der Waals surface area (Å²) in [6.07, 6.45) is 2.12. The van der Waals surface area contributed by atoms with Gasteiger partial charge in [0.15, 0.2) is 0 Å². The number of nitrogens with zero attached hydrogens (tertiary/aromatic N) is 2. The Labute approximate surface area is 143 Å². The summed E-state index contributed by atoms with van der Waals surface area (Å²) in [5.41, 5.74) is 2.59. The zero-order valence-corrected chi connectivity index (χ0v) is 14.0. The third-order valence-corrected chi connectivity index (χ3v) is 4.18. The van der Waals surface area contributed by atoms with E-state index in [-0.39, 0.29) is 5.69 Å². The summed E-state index contributed by atoms with van der Waals surface area (Å²) in [7, 11) is -3.81. The van der Waals surface area contributed by atoms with Crippen molar-refractivity contribution >= 4 is 27.8 Å². The molecule has 0 atom stereocenters. The van der Waals surface area contributed by atoms with E-state index in [0.717, 1.165) is 22.7 Å². The maximum Gasteiger partial charge on any atom is 0.260 e. The normalized spacial score (nSPS) is 11.5. The average Bonchev–Trinajstić information content (AvgIpc) is 2.51. The summed E-state index contributed by atoms with van der Waals surface area (Å²) in [6, 6.07) is 10.4. The molecule has 6 nitrogen and oxygen atoms in total. The molecule has 0 aliphatic carbocycles. The van der Waals surface area contributed by atoms with Crippen LogP contribution in [0.25, 0.3) is 0 Å². The van der Waals surface area contributed by atoms with Crippen molar-refractivity contribution in [3.63, 3.8) is 0 Å². The zero-order chi connectivity index (χ0) is 18.4. The van der Waals surface area contributed by atoms with Crippen LogP contribution in [0, 0.1) is 11.6 Å². The molecule has 132 valence electrons. The van der Waals surface area contributed by atoms with Crippen molar-refractivity contribution in [1.82, 2.24) is 5.43 Å². The quantitative estimate of drug-likeness (QED) is 0.625. The molecule has 2 rings (SSSR count). The van der Waals surface area contributed by atoms with Crippen molar-refractivity contribution in [3.05, 3.63) is 65.7 Å². The molecule has 0 aromatic heterocycles. The number of hydrogen-bond acceptors (Lipinski definition) is 4. The second-order valence-corrected chi connectivity index (χ2v) is 7.00. The van der Waals surface area contributed by atoms with Crippen molar-refractivity contribution in [2.24, 2.45) is 5.10 Å². The Morgan fingerprint density at radius 3 is 2.40 bits per heavy atom. The van der Waals surface area contributed by atoms with Crippen LogP contribution in [0.2, 0.25) is 0 Å². The van der Waals surface area contributed by atoms with Crippen molar-refractivity contribution in [2.45, 2.75) is 0 Å². The number of sulfonamides is 1. The Morgan fingerprint density at radius 1 is 1.16 bits per heavy atom. The fourth-order valence-electron chi connectivity index (χ4n) is 1.96. The highest BCUT2D eigenvalue weighted by molar-refractivity contribution is 7.92. The lowest BCUT2D eigenvalue weighted by molar-refractivity contribution is -0.119. The van der Waals surface area contributed by atoms with Crippen LogP contribution in [0.1, 0.15) is 5.56 Å². The van der Waals surface area contributed by atoms with Crippen molar-refractivity contribution in [2.75, 3.05) is 17.1 Å². The molecule has 2 aromatic rings. The maximum atomic E-state index is 13.3. The molecule has 0 unspecified atom stereocenters. The van der Waals surface area contributed by atoms with Crippen LogP contribution in [0.4, 0.5) is 14.5 Å². The van der Waals surface area contributed by atoms with Crippen LogP contribution in [-0.4, -0.2) is 33.3 Å². The number of rotatable bonds is 6. The van der Waals surface area contributed by atoms with Gasteiger partial charge in [0, 0.05) is 0 Å². The molecular formula is C16H15F2N3O3S. The minimum absolute atomic E-state index is 0.0201. The highest BCUT2D eigenvalue weighted by Crippen LogP contribution is 2.18. The Balaban J connectivity index is 2.07. The zero-order valence-electron chi connectivity index (χ0n) is 13.2. The van der Waals surface area contributed by atoms with Crippen LogP contribution in [0.3, 0.4) is 0 Å². The van der Waals surface area contributed by atoms with Crippen LogP contribution in [-0.2, 0) is 14.8 Å². The third-order valence-electron chi connectivity index (χ3n) is 3.04. The van der Waals surface area contributed by atoms with E-state index in [1.54, 1.807) is 6.07 Å². The molecule has 1 N–H and O–H groups in total. The van der Waals surface area contributed by atoms with E-state index in [4.69, 9.17) is 0 Å². The van der Waals surface area contributed by atoms with Gasteiger partial charge in [-0.2, -0.15) is 5.10 Å². The lowest BCUT2D eigenvalue weighted by Gasteiger charge is -2.21. The first-order chi connectivity index (χ1) is 11.8. The standard InChI is InChI=1S/C16H15F2N3O3S/c1-25(23,24)21(15-7-3-6-14(18)9-15)11-16(22)20-19-10-12-4-2-5-13(17)8-12/h2-10H,11H2,1H3,(H,20,22)/b19-10-. The Kier molecular flexibility index (Phi) is 5.81. The van der Waals surface area contributed by atoms with E-state index < -0.39 is 34.1 Å². The molecule has 0 fully saturated rings. The van der Waals surface area contributed by atoms with Crippen LogP contribution in [0.15, 0.2) is 53.6 Å². The molecule has 0 aliphatic rings. The van der Waals surface area contributed by atoms with E-state index >= 15 is 0 Å². The van der Waals surface area contributed by atoms with Crippen molar-refractivity contribution in [1.29, 1.82) is 0 Å². The van der Waals surface area contributed by atoms with E-state index in [9.17, 15) is 22.0 Å². The number of amides is 1. The molecule has 2 aromatic carbocycles. The maximum absolute atomic E-state index is 13.3. The Hall–Kier alpha value is -2.81. The molecule has 0 saturated heterocycles. The summed E-state index contributed by atoms with van der Waals surface area (Å²) in [6.45, 7) is -0.581. The number of carbonyl (C=O) groups is 1. The molecule has 0 aliphatic heterocycles. The molecule has 0 radical (unpaired) electrons. The monoisotopic (exact) mass is 367 g/mol. The minimum atomic E-state index is -3.81. The molecular weight excluding hydrogens is 352 g/mol. The largest absolute Gasteiger partial charge is 0.271 e. The van der Waals surface area contributed by atoms with Gasteiger partial charge in [-0.25, -0.2) is 22.6 Å². The molecule has 0 spiro atoms. The van der Waals surface area contributed by atoms with Crippen LogP contribution >= 0.6 is 0 Å². The Morgan fingerprint density at radius 2 is 1.80 bits per heavy atom. The summed E-state index contributed by atoms with van der Waals surface area (Å²) >= 11 is 0. The van der Waals surface area contributed by atoms with Crippen molar-refractivity contribution < 1.29 is 22.0 Å². The predicted molar refractivity (Wildman–Crippen MR) is 90.7 cm³/mol. The molecule has 25 heavy (non-hydrogen) atoms. The highest BCUT2D eigenvalue weighted by atomic mass is 32.2. The summed E-state index contributed by atoms with van der Waals surface area (Å²) in [5.74, 6) is -1.82. The molecule has 0 bridgehead atoms. The van der Waals surface area contributed by atoms with Gasteiger partial charge in [-0.15, -0.1) is 0 Å². The van der Waals surface area contributed by atoms with Crippen LogP contribution in [0.5, 0.6) is 0 Å². The number of hydrazone groups is 1. The van der Waals surface area contributed by atoms with Gasteiger partial charge in [-0.1, -0.05) is 18.2 Å². The molecule has 0 heterocycles. The summed E-state index contributed by atoms with van der Waals surface area (Å²) < 4.78 is 50.8. The topological polar surface area (TPSA) is 78.8 Å². The van der Waals surface area contributed by atoms with Crippen LogP contribution < -0.4 is 9.73 Å². The van der Waals surface area contributed by atoms with Gasteiger partial charge in [-0.05, 0) is 35.9 Å². The number of halogens is 2. The van der Waals surface area contributed by atoms with Gasteiger partial charge < -0.3 is 0 Å². The van der Waals surface area contributed by atoms with E-state index in [1.165, 1.54) is 36.5 Å². The van der Waals surface area contributed by atoms with Gasteiger partial charge >= 0.3 is 0 Å². The van der Waals surface area contributed by atoms with E-state index in [2.05, 4.69) is 10.5 Å². The first kappa shape index (κ1) is 18.5. The molecule has 0 saturated carbocycles. The number of carbonyl (C=O) groups excluding carboxylic acids is 1. The second kappa shape index (κ2) is 7.84. The molecule has 1 amide bonds. The molecule has 9 heteroatoms. The number of anilines is 1. The highest BCUT2D eigenvalue weighted by Gasteiger charge is 2.21. The SMILES string of the molecule is CS(=O)(=O)N(CC(=O)N/N=C\c1cccc(F)c1)c1cccc(F)c1. The predicted octanol–water partition coefficient (Wildman–Crippen LogP) is 1.88. The van der Waals surface area contributed by atoms with Gasteiger partial charge in [-0.3, -0.25) is 9.10 Å². The summed E-state index contributed by atoms with van der Waals surface area (Å²) in [4.78, 5) is 11.9. The van der Waals surface area contributed by atoms with Gasteiger partial charge in [0.05, 0.1) is 18.2 Å². The third kappa shape index (κ3) is 5.64. The first-order valence-corrected chi connectivity index (χ1v) is 8.91. The van der Waals surface area contributed by atoms with E-state index in [0.29, 0.717) is 5.56 Å². The second-order valence-electron chi connectivity index (χ2n) is 5.10. The smallest absolute Gasteiger partial charge is 0.260 e. The number of hydrogen-bond donors (Lipinski definition) is 1. The minimum Gasteiger partial charge on any atom is -0.271 e. The lowest BCUT2D eigenvalue weighted by atomic mass is 10.2. The fraction of sp³-hybridized carbons (Fsp3) is 0.125. The van der Waals surface area contributed by atoms with Crippen molar-refractivity contribution in [3.8, 4) is 0 Å². The average molecular weight is 367 g/mol. The number of benzene rings is 2. The first-order valence-electron chi connectivity index (χ1n) is 7.06. The summed E-state index contributed by atoms with van der Waals surface area (Å²) in [5, 5.41) is 3.64.